The minimum atomic E-state index is -0.710. The van der Waals surface area contributed by atoms with Gasteiger partial charge in [-0.25, -0.2) is 0 Å². The second-order valence-electron chi connectivity index (χ2n) is 8.49. The number of hydrogen-bond donors (Lipinski definition) is 0. The molecular weight excluding hydrogens is 480 g/mol. The van der Waals surface area contributed by atoms with E-state index in [-0.39, 0.29) is 11.7 Å². The van der Waals surface area contributed by atoms with Crippen molar-refractivity contribution in [3.05, 3.63) is 92.5 Å². The second-order valence-corrected chi connectivity index (χ2v) is 8.49. The van der Waals surface area contributed by atoms with Crippen LogP contribution in [0.25, 0.3) is 0 Å². The molecule has 1 saturated heterocycles. The van der Waals surface area contributed by atoms with Crippen molar-refractivity contribution < 1.29 is 24.1 Å². The van der Waals surface area contributed by atoms with Crippen LogP contribution in [0.1, 0.15) is 12.0 Å². The molecule has 3 aromatic rings. The van der Waals surface area contributed by atoms with Gasteiger partial charge in [-0.05, 0) is 36.2 Å². The van der Waals surface area contributed by atoms with Gasteiger partial charge >= 0.3 is 0 Å². The van der Waals surface area contributed by atoms with E-state index in [0.29, 0.717) is 31.7 Å². The summed E-state index contributed by atoms with van der Waals surface area (Å²) in [5.41, 5.74) is 1.10. The molecule has 0 unspecified atom stereocenters. The molecule has 4 rings (SSSR count). The number of carbonyl (C=O) groups is 1. The molecule has 1 aliphatic heterocycles. The lowest BCUT2D eigenvalue weighted by molar-refractivity contribution is -0.394. The lowest BCUT2D eigenvalue weighted by Gasteiger charge is -2.36. The molecule has 1 aliphatic rings. The predicted octanol–water partition coefficient (Wildman–Crippen LogP) is 4.59. The number of nitrogens with zero attached hydrogens (tertiary/aromatic N) is 4. The fraction of sp³-hybridized carbons (Fsp3) is 0.269. The molecule has 1 heterocycles. The number of para-hydroxylation sites is 2. The van der Waals surface area contributed by atoms with Crippen molar-refractivity contribution in [3.8, 4) is 17.2 Å². The summed E-state index contributed by atoms with van der Waals surface area (Å²) in [6.45, 7) is 2.74. The number of aryl methyl sites for hydroxylation is 1. The topological polar surface area (TPSA) is 128 Å². The van der Waals surface area contributed by atoms with Crippen LogP contribution in [0, 0.1) is 20.2 Å². The van der Waals surface area contributed by atoms with E-state index in [2.05, 4.69) is 4.90 Å². The van der Waals surface area contributed by atoms with Gasteiger partial charge < -0.3 is 19.3 Å². The highest BCUT2D eigenvalue weighted by Gasteiger charge is 2.23. The number of ether oxygens (including phenoxy) is 2. The largest absolute Gasteiger partial charge is 0.495 e. The van der Waals surface area contributed by atoms with E-state index >= 15 is 0 Å². The summed E-state index contributed by atoms with van der Waals surface area (Å²) in [4.78, 5) is 37.6. The molecule has 0 N–H and O–H groups in total. The van der Waals surface area contributed by atoms with Gasteiger partial charge in [-0.2, -0.15) is 0 Å². The van der Waals surface area contributed by atoms with Gasteiger partial charge in [0.15, 0.2) is 0 Å². The number of methoxy groups -OCH3 is 1. The van der Waals surface area contributed by atoms with E-state index in [0.717, 1.165) is 48.3 Å². The number of piperazine rings is 1. The number of non-ortho nitro benzene ring substituents is 2. The zero-order chi connectivity index (χ0) is 26.4. The smallest absolute Gasteiger partial charge is 0.280 e. The minimum Gasteiger partial charge on any atom is -0.495 e. The van der Waals surface area contributed by atoms with Crippen molar-refractivity contribution in [2.24, 2.45) is 0 Å². The van der Waals surface area contributed by atoms with Gasteiger partial charge in [-0.1, -0.05) is 24.3 Å². The number of rotatable bonds is 9. The Bertz CT molecular complexity index is 1260. The van der Waals surface area contributed by atoms with E-state index in [1.54, 1.807) is 31.4 Å². The molecule has 0 radical (unpaired) electrons. The van der Waals surface area contributed by atoms with Crippen LogP contribution in [0.15, 0.2) is 66.7 Å². The second kappa shape index (κ2) is 11.4. The lowest BCUT2D eigenvalue weighted by Crippen LogP contribution is -2.48. The van der Waals surface area contributed by atoms with E-state index in [1.165, 1.54) is 0 Å². The first-order valence-electron chi connectivity index (χ1n) is 11.7. The fourth-order valence-corrected chi connectivity index (χ4v) is 4.20. The van der Waals surface area contributed by atoms with E-state index in [4.69, 9.17) is 9.47 Å². The third kappa shape index (κ3) is 6.31. The Kier molecular flexibility index (Phi) is 7.82. The van der Waals surface area contributed by atoms with Crippen LogP contribution in [0.2, 0.25) is 0 Å². The maximum atomic E-state index is 12.8. The first kappa shape index (κ1) is 25.4. The molecule has 1 fully saturated rings. The Morgan fingerprint density at radius 3 is 2.08 bits per heavy atom. The van der Waals surface area contributed by atoms with Gasteiger partial charge in [0.1, 0.15) is 17.2 Å². The number of benzene rings is 3. The van der Waals surface area contributed by atoms with Gasteiger partial charge in [-0.3, -0.25) is 25.0 Å². The van der Waals surface area contributed by atoms with Crippen LogP contribution in [-0.2, 0) is 11.2 Å². The third-order valence-electron chi connectivity index (χ3n) is 6.14. The quantitative estimate of drug-likeness (QED) is 0.305. The summed E-state index contributed by atoms with van der Waals surface area (Å²) in [6.07, 6.45) is 0.917. The third-order valence-corrected chi connectivity index (χ3v) is 6.14. The van der Waals surface area contributed by atoms with Crippen LogP contribution < -0.4 is 14.4 Å². The Labute approximate surface area is 213 Å². The lowest BCUT2D eigenvalue weighted by atomic mass is 10.1. The molecule has 192 valence electrons. The van der Waals surface area contributed by atoms with Crippen molar-refractivity contribution in [2.45, 2.75) is 12.8 Å². The monoisotopic (exact) mass is 506 g/mol. The van der Waals surface area contributed by atoms with Crippen molar-refractivity contribution in [3.63, 3.8) is 0 Å². The normalized spacial score (nSPS) is 13.2. The maximum absolute atomic E-state index is 12.8. The molecule has 11 nitrogen and oxygen atoms in total. The zero-order valence-corrected chi connectivity index (χ0v) is 20.2. The average Bonchev–Trinajstić information content (AvgIpc) is 2.92. The summed E-state index contributed by atoms with van der Waals surface area (Å²) in [7, 11) is 1.65. The Balaban J connectivity index is 1.30. The highest BCUT2D eigenvalue weighted by molar-refractivity contribution is 5.77. The highest BCUT2D eigenvalue weighted by atomic mass is 16.6. The summed E-state index contributed by atoms with van der Waals surface area (Å²) < 4.78 is 11.0. The first-order chi connectivity index (χ1) is 17.8. The summed E-state index contributed by atoms with van der Waals surface area (Å²) >= 11 is 0. The Morgan fingerprint density at radius 2 is 1.49 bits per heavy atom. The zero-order valence-electron chi connectivity index (χ0n) is 20.2. The summed E-state index contributed by atoms with van der Waals surface area (Å²) in [5.74, 6) is 1.27. The molecule has 0 spiro atoms. The van der Waals surface area contributed by atoms with E-state index in [1.807, 2.05) is 29.2 Å². The number of amides is 1. The van der Waals surface area contributed by atoms with Gasteiger partial charge in [-0.15, -0.1) is 0 Å². The first-order valence-corrected chi connectivity index (χ1v) is 11.7. The van der Waals surface area contributed by atoms with Crippen LogP contribution in [-0.4, -0.2) is 53.9 Å². The molecule has 0 aromatic heterocycles. The fourth-order valence-electron chi connectivity index (χ4n) is 4.20. The van der Waals surface area contributed by atoms with Crippen LogP contribution in [0.5, 0.6) is 17.2 Å². The summed E-state index contributed by atoms with van der Waals surface area (Å²) in [5, 5.41) is 22.1. The highest BCUT2D eigenvalue weighted by Crippen LogP contribution is 2.31. The molecule has 0 saturated carbocycles. The van der Waals surface area contributed by atoms with Crippen LogP contribution >= 0.6 is 0 Å². The standard InChI is InChI=1S/C26H26N4O7/c1-36-25-5-3-2-4-24(25)27-12-14-28(15-13-27)26(31)11-8-19-6-9-22(10-7-19)37-23-17-20(29(32)33)16-21(18-23)30(34)35/h2-7,9-10,16-18H,8,11-15H2,1H3. The number of hydrogen-bond acceptors (Lipinski definition) is 8. The molecule has 3 aromatic carbocycles. The van der Waals surface area contributed by atoms with Crippen molar-refractivity contribution in [2.75, 3.05) is 38.2 Å². The van der Waals surface area contributed by atoms with Crippen molar-refractivity contribution >= 4 is 23.0 Å². The number of nitro groups is 2. The molecule has 11 heteroatoms. The number of anilines is 1. The maximum Gasteiger partial charge on any atom is 0.280 e. The Hall–Kier alpha value is -4.67. The van der Waals surface area contributed by atoms with Gasteiger partial charge in [0.05, 0.1) is 40.8 Å². The SMILES string of the molecule is COc1ccccc1N1CCN(C(=O)CCc2ccc(Oc3cc([N+](=O)[O-])cc([N+](=O)[O-])c3)cc2)CC1. The molecule has 0 bridgehead atoms. The Morgan fingerprint density at radius 1 is 0.865 bits per heavy atom. The van der Waals surface area contributed by atoms with Gasteiger partial charge in [0.2, 0.25) is 5.91 Å². The molecule has 0 aliphatic carbocycles. The van der Waals surface area contributed by atoms with E-state index in [9.17, 15) is 25.0 Å². The van der Waals surface area contributed by atoms with Crippen molar-refractivity contribution in [1.29, 1.82) is 0 Å². The van der Waals surface area contributed by atoms with Crippen LogP contribution in [0.4, 0.5) is 17.1 Å². The molecular formula is C26H26N4O7. The minimum absolute atomic E-state index is 0.00362. The van der Waals surface area contributed by atoms with Gasteiger partial charge in [0, 0.05) is 32.6 Å². The average molecular weight is 507 g/mol. The summed E-state index contributed by atoms with van der Waals surface area (Å²) in [6, 6.07) is 17.9. The van der Waals surface area contributed by atoms with Crippen molar-refractivity contribution in [1.82, 2.24) is 4.90 Å². The molecule has 1 amide bonds. The van der Waals surface area contributed by atoms with Crippen LogP contribution in [0.3, 0.4) is 0 Å². The molecule has 0 atom stereocenters. The number of carbonyl (C=O) groups excluding carboxylic acids is 1. The predicted molar refractivity (Wildman–Crippen MR) is 136 cm³/mol. The van der Waals surface area contributed by atoms with Gasteiger partial charge in [0.25, 0.3) is 11.4 Å². The van der Waals surface area contributed by atoms with E-state index < -0.39 is 21.2 Å². The molecule has 37 heavy (non-hydrogen) atoms. The number of nitro benzene ring substituents is 2.